The number of hydrogen-bond donors (Lipinski definition) is 1. The number of nitrogens with zero attached hydrogens (tertiary/aromatic N) is 3. The number of hydrogen-bond acceptors (Lipinski definition) is 8. The zero-order chi connectivity index (χ0) is 27.4. The van der Waals surface area contributed by atoms with E-state index in [0.717, 1.165) is 11.3 Å². The van der Waals surface area contributed by atoms with E-state index in [9.17, 15) is 15.4 Å². The predicted molar refractivity (Wildman–Crippen MR) is 142 cm³/mol. The van der Waals surface area contributed by atoms with Crippen molar-refractivity contribution in [2.45, 2.75) is 44.1 Å². The van der Waals surface area contributed by atoms with E-state index in [0.29, 0.717) is 49.2 Å². The third-order valence-corrected chi connectivity index (χ3v) is 7.44. The molecule has 2 aliphatic heterocycles. The summed E-state index contributed by atoms with van der Waals surface area (Å²) in [6.45, 7) is 1.29. The predicted octanol–water partition coefficient (Wildman–Crippen LogP) is 4.63. The van der Waals surface area contributed by atoms with Crippen LogP contribution in [0.3, 0.4) is 0 Å². The molecule has 0 spiro atoms. The lowest BCUT2D eigenvalue weighted by atomic mass is 9.79. The summed E-state index contributed by atoms with van der Waals surface area (Å²) in [7, 11) is 1.61. The Morgan fingerprint density at radius 2 is 2.23 bits per heavy atom. The fourth-order valence-corrected chi connectivity index (χ4v) is 5.35. The summed E-state index contributed by atoms with van der Waals surface area (Å²) in [5.41, 5.74) is 1.52. The molecule has 1 fully saturated rings. The Labute approximate surface area is 231 Å². The molecule has 1 aromatic carbocycles. The van der Waals surface area contributed by atoms with Crippen molar-refractivity contribution in [3.05, 3.63) is 91.0 Å². The van der Waals surface area contributed by atoms with Crippen molar-refractivity contribution in [2.75, 3.05) is 20.3 Å². The van der Waals surface area contributed by atoms with Crippen LogP contribution in [0.1, 0.15) is 24.8 Å². The maximum atomic E-state index is 12.0. The van der Waals surface area contributed by atoms with Crippen LogP contribution in [0.4, 0.5) is 0 Å². The van der Waals surface area contributed by atoms with Crippen LogP contribution in [0.5, 0.6) is 5.75 Å². The van der Waals surface area contributed by atoms with Gasteiger partial charge in [0, 0.05) is 18.9 Å². The lowest BCUT2D eigenvalue weighted by Gasteiger charge is -2.31. The van der Waals surface area contributed by atoms with E-state index in [2.05, 4.69) is 22.3 Å². The van der Waals surface area contributed by atoms with Gasteiger partial charge in [0.05, 0.1) is 60.8 Å². The van der Waals surface area contributed by atoms with E-state index in [1.165, 1.54) is 0 Å². The maximum absolute atomic E-state index is 12.0. The zero-order valence-electron chi connectivity index (χ0n) is 21.3. The number of methoxy groups -OCH3 is 1. The van der Waals surface area contributed by atoms with Gasteiger partial charge in [-0.2, -0.15) is 5.26 Å². The molecule has 2 heterocycles. The molecule has 5 unspecified atom stereocenters. The molecule has 39 heavy (non-hydrogen) atoms. The molecule has 0 saturated carbocycles. The fourth-order valence-electron chi connectivity index (χ4n) is 5.06. The highest BCUT2D eigenvalue weighted by atomic mass is 35.5. The maximum Gasteiger partial charge on any atom is 0.326 e. The van der Waals surface area contributed by atoms with Gasteiger partial charge >= 0.3 is 11.8 Å². The SMILES string of the molecule is COc1cccc(COC2=C(Cl)CC(NC3C(C#N)C#[N+]C4=CC(OC5CCOC5)=C([N+](=O)[O-])CC43)C=C2)c1. The highest BCUT2D eigenvalue weighted by Crippen LogP contribution is 2.39. The van der Waals surface area contributed by atoms with Gasteiger partial charge in [0.1, 0.15) is 24.2 Å². The van der Waals surface area contributed by atoms with E-state index < -0.39 is 22.8 Å². The van der Waals surface area contributed by atoms with E-state index in [1.807, 2.05) is 30.3 Å². The zero-order valence-corrected chi connectivity index (χ0v) is 22.1. The molecular weight excluding hydrogens is 524 g/mol. The number of nitriles is 1. The van der Waals surface area contributed by atoms with Gasteiger partial charge in [-0.25, -0.2) is 0 Å². The van der Waals surface area contributed by atoms with Crippen LogP contribution in [0.25, 0.3) is 4.85 Å². The van der Waals surface area contributed by atoms with Gasteiger partial charge in [0.2, 0.25) is 0 Å². The smallest absolute Gasteiger partial charge is 0.326 e. The van der Waals surface area contributed by atoms with Crippen molar-refractivity contribution >= 4 is 11.6 Å². The molecule has 11 heteroatoms. The molecule has 0 amide bonds. The molecule has 202 valence electrons. The van der Waals surface area contributed by atoms with Crippen molar-refractivity contribution in [3.8, 4) is 17.9 Å². The minimum Gasteiger partial charge on any atom is -0.497 e. The second-order valence-electron chi connectivity index (χ2n) is 9.67. The monoisotopic (exact) mass is 551 g/mol. The quantitative estimate of drug-likeness (QED) is 0.348. The first-order valence-corrected chi connectivity index (χ1v) is 13.1. The van der Waals surface area contributed by atoms with E-state index in [-0.39, 0.29) is 30.0 Å². The van der Waals surface area contributed by atoms with Crippen molar-refractivity contribution in [3.63, 3.8) is 0 Å². The standard InChI is InChI=1S/C28H28ClN4O6/c1-36-20-4-2-3-17(9-20)15-38-26-6-5-19(10-23(26)29)32-28-18(13-30)14-31-24-12-27(39-21-7-8-37-16-21)25(33(34)35)11-22(24)28/h2-6,9,12,18-19,21-22,28,32H,7-8,10-11,15-16H2,1H3/q+1. The summed E-state index contributed by atoms with van der Waals surface area (Å²) < 4.78 is 22.5. The van der Waals surface area contributed by atoms with Gasteiger partial charge in [-0.3, -0.25) is 10.1 Å². The normalized spacial score (nSPS) is 27.6. The van der Waals surface area contributed by atoms with Crippen molar-refractivity contribution in [2.24, 2.45) is 11.8 Å². The van der Waals surface area contributed by atoms with Crippen LogP contribution >= 0.6 is 11.6 Å². The van der Waals surface area contributed by atoms with Gasteiger partial charge in [-0.15, -0.1) is 0 Å². The molecule has 4 aliphatic rings. The molecule has 5 rings (SSSR count). The largest absolute Gasteiger partial charge is 0.497 e. The van der Waals surface area contributed by atoms with Gasteiger partial charge in [0.25, 0.3) is 5.70 Å². The van der Waals surface area contributed by atoms with Crippen LogP contribution in [-0.4, -0.2) is 43.4 Å². The minimum absolute atomic E-state index is 0.0263. The second-order valence-corrected chi connectivity index (χ2v) is 10.1. The Balaban J connectivity index is 1.27. The third-order valence-electron chi connectivity index (χ3n) is 7.10. The van der Waals surface area contributed by atoms with Crippen molar-refractivity contribution < 1.29 is 23.9 Å². The van der Waals surface area contributed by atoms with Crippen molar-refractivity contribution in [1.29, 1.82) is 5.26 Å². The van der Waals surface area contributed by atoms with Gasteiger partial charge in [0.15, 0.2) is 11.7 Å². The summed E-state index contributed by atoms with van der Waals surface area (Å²) in [4.78, 5) is 15.9. The Morgan fingerprint density at radius 3 is 2.95 bits per heavy atom. The number of fused-ring (bicyclic) bond motifs is 1. The molecule has 2 aliphatic carbocycles. The summed E-state index contributed by atoms with van der Waals surface area (Å²) in [6.07, 6.45) is 6.30. The number of benzene rings is 1. The lowest BCUT2D eigenvalue weighted by Crippen LogP contribution is -2.49. The van der Waals surface area contributed by atoms with Crippen LogP contribution < -0.4 is 10.1 Å². The molecule has 10 nitrogen and oxygen atoms in total. The molecule has 1 N–H and O–H groups in total. The highest BCUT2D eigenvalue weighted by molar-refractivity contribution is 6.30. The first kappa shape index (κ1) is 26.8. The Bertz CT molecular complexity index is 1360. The van der Waals surface area contributed by atoms with Gasteiger partial charge in [-0.05, 0) is 28.6 Å². The Hall–Kier alpha value is -3.83. The minimum atomic E-state index is -0.687. The average molecular weight is 552 g/mol. The molecule has 0 radical (unpaired) electrons. The summed E-state index contributed by atoms with van der Waals surface area (Å²) >= 11 is 6.60. The summed E-state index contributed by atoms with van der Waals surface area (Å²) in [5.74, 6) is 0.429. The number of rotatable bonds is 9. The van der Waals surface area contributed by atoms with Crippen molar-refractivity contribution in [1.82, 2.24) is 5.32 Å². The van der Waals surface area contributed by atoms with Crippen LogP contribution in [0, 0.1) is 39.4 Å². The van der Waals surface area contributed by atoms with Gasteiger partial charge in [-0.1, -0.05) is 29.8 Å². The lowest BCUT2D eigenvalue weighted by molar-refractivity contribution is -0.432. The number of ether oxygens (including phenoxy) is 4. The fraction of sp³-hybridized carbons (Fsp3) is 0.429. The summed E-state index contributed by atoms with van der Waals surface area (Å²) in [6, 6.07) is 12.1. The number of nitro groups is 1. The first-order chi connectivity index (χ1) is 18.9. The molecule has 1 saturated heterocycles. The van der Waals surface area contributed by atoms with E-state index in [4.69, 9.17) is 30.5 Å². The average Bonchev–Trinajstić information content (AvgIpc) is 3.45. The number of halogens is 1. The number of allylic oxidation sites excluding steroid dienone is 3. The summed E-state index contributed by atoms with van der Waals surface area (Å²) in [5, 5.41) is 25.8. The molecule has 0 bridgehead atoms. The Morgan fingerprint density at radius 1 is 1.36 bits per heavy atom. The molecule has 5 atom stereocenters. The third kappa shape index (κ3) is 6.10. The molecular formula is C28H28ClN4O6+. The Kier molecular flexibility index (Phi) is 8.18. The topological polar surface area (TPSA) is 120 Å². The number of nitrogens with one attached hydrogen (secondary N) is 1. The molecule has 0 aromatic heterocycles. The van der Waals surface area contributed by atoms with E-state index in [1.54, 1.807) is 19.3 Å². The van der Waals surface area contributed by atoms with E-state index >= 15 is 0 Å². The van der Waals surface area contributed by atoms with Crippen LogP contribution in [-0.2, 0) is 20.8 Å². The highest BCUT2D eigenvalue weighted by Gasteiger charge is 2.49. The first-order valence-electron chi connectivity index (χ1n) is 12.7. The molecule has 1 aromatic rings. The van der Waals surface area contributed by atoms with Crippen LogP contribution in [0.2, 0.25) is 0 Å². The second kappa shape index (κ2) is 11.9. The van der Waals surface area contributed by atoms with Gasteiger partial charge < -0.3 is 24.3 Å². The van der Waals surface area contributed by atoms with Crippen LogP contribution in [0.15, 0.2) is 70.4 Å².